The summed E-state index contributed by atoms with van der Waals surface area (Å²) in [6.45, 7) is 2.93. The first kappa shape index (κ1) is 9.06. The summed E-state index contributed by atoms with van der Waals surface area (Å²) in [5, 5.41) is 25.5. The van der Waals surface area contributed by atoms with Gasteiger partial charge in [0.1, 0.15) is 5.84 Å². The van der Waals surface area contributed by atoms with Crippen molar-refractivity contribution in [3.63, 3.8) is 0 Å². The Labute approximate surface area is 71.6 Å². The molecule has 1 fully saturated rings. The zero-order valence-electron chi connectivity index (χ0n) is 7.17. The summed E-state index contributed by atoms with van der Waals surface area (Å²) >= 11 is 0. The molecule has 0 radical (unpaired) electrons. The molecular formula is C8H14N2O2. The number of amidine groups is 1. The summed E-state index contributed by atoms with van der Waals surface area (Å²) in [5.41, 5.74) is 0.328. The van der Waals surface area contributed by atoms with Crippen LogP contribution >= 0.6 is 0 Å². The molecule has 0 aromatic heterocycles. The number of nitrogens with zero attached hydrogens (tertiary/aromatic N) is 1. The number of allylic oxidation sites excluding steroid dienone is 1. The summed E-state index contributed by atoms with van der Waals surface area (Å²) in [4.78, 5) is 1.82. The molecule has 1 saturated heterocycles. The van der Waals surface area contributed by atoms with Crippen molar-refractivity contribution in [2.45, 2.75) is 13.3 Å². The van der Waals surface area contributed by atoms with Crippen molar-refractivity contribution in [3.8, 4) is 0 Å². The van der Waals surface area contributed by atoms with E-state index in [9.17, 15) is 0 Å². The van der Waals surface area contributed by atoms with Gasteiger partial charge >= 0.3 is 0 Å². The summed E-state index contributed by atoms with van der Waals surface area (Å²) in [5.74, 6) is 0.290. The first-order chi connectivity index (χ1) is 5.66. The highest BCUT2D eigenvalue weighted by Gasteiger charge is 2.20. The smallest absolute Gasteiger partial charge is 0.129 e. The highest BCUT2D eigenvalue weighted by molar-refractivity contribution is 5.96. The third kappa shape index (κ3) is 1.58. The maximum atomic E-state index is 9.10. The van der Waals surface area contributed by atoms with Gasteiger partial charge in [0.2, 0.25) is 0 Å². The third-order valence-corrected chi connectivity index (χ3v) is 2.05. The van der Waals surface area contributed by atoms with E-state index in [0.29, 0.717) is 5.57 Å². The monoisotopic (exact) mass is 170 g/mol. The highest BCUT2D eigenvalue weighted by Crippen LogP contribution is 2.12. The van der Waals surface area contributed by atoms with E-state index in [-0.39, 0.29) is 18.2 Å². The minimum absolute atomic E-state index is 0.0365. The standard InChI is InChI=1S/C8H14N2O2/c1-6(12)7(5-11)8(9)10-3-2-4-10/h9,11-12H,2-5H2,1H3/b7-6+,9-8?. The average Bonchev–Trinajstić information content (AvgIpc) is 1.83. The number of aliphatic hydroxyl groups excluding tert-OH is 2. The largest absolute Gasteiger partial charge is 0.512 e. The van der Waals surface area contributed by atoms with Crippen LogP contribution in [0.5, 0.6) is 0 Å². The summed E-state index contributed by atoms with van der Waals surface area (Å²) in [6.07, 6.45) is 1.09. The number of aliphatic hydroxyl groups is 2. The van der Waals surface area contributed by atoms with Crippen LogP contribution in [0.3, 0.4) is 0 Å². The molecule has 1 aliphatic heterocycles. The molecule has 4 heteroatoms. The molecule has 1 aliphatic rings. The van der Waals surface area contributed by atoms with Crippen molar-refractivity contribution < 1.29 is 10.2 Å². The maximum absolute atomic E-state index is 9.10. The number of hydrogen-bond donors (Lipinski definition) is 3. The van der Waals surface area contributed by atoms with Crippen LogP contribution in [0, 0.1) is 5.41 Å². The molecule has 0 amide bonds. The first-order valence-electron chi connectivity index (χ1n) is 4.00. The van der Waals surface area contributed by atoms with E-state index in [2.05, 4.69) is 0 Å². The SMILES string of the molecule is C/C(O)=C(/CO)C(=N)N1CCC1. The number of rotatable bonds is 2. The van der Waals surface area contributed by atoms with Gasteiger partial charge < -0.3 is 15.1 Å². The molecular weight excluding hydrogens is 156 g/mol. The van der Waals surface area contributed by atoms with Crippen LogP contribution in [-0.4, -0.2) is 40.6 Å². The van der Waals surface area contributed by atoms with Crippen molar-refractivity contribution in [1.82, 2.24) is 4.90 Å². The van der Waals surface area contributed by atoms with Gasteiger partial charge in [-0.1, -0.05) is 0 Å². The van der Waals surface area contributed by atoms with Gasteiger partial charge in [0.05, 0.1) is 17.9 Å². The van der Waals surface area contributed by atoms with Gasteiger partial charge in [-0.3, -0.25) is 5.41 Å². The normalized spacial score (nSPS) is 18.3. The molecule has 68 valence electrons. The first-order valence-corrected chi connectivity index (χ1v) is 4.00. The van der Waals surface area contributed by atoms with Gasteiger partial charge in [-0.2, -0.15) is 0 Å². The van der Waals surface area contributed by atoms with Crippen LogP contribution in [0.15, 0.2) is 11.3 Å². The highest BCUT2D eigenvalue weighted by atomic mass is 16.3. The lowest BCUT2D eigenvalue weighted by atomic mass is 10.1. The van der Waals surface area contributed by atoms with Crippen molar-refractivity contribution in [2.24, 2.45) is 0 Å². The van der Waals surface area contributed by atoms with Crippen molar-refractivity contribution in [2.75, 3.05) is 19.7 Å². The Bertz CT molecular complexity index is 215. The van der Waals surface area contributed by atoms with Crippen LogP contribution in [0.4, 0.5) is 0 Å². The third-order valence-electron chi connectivity index (χ3n) is 2.05. The van der Waals surface area contributed by atoms with Crippen LogP contribution in [-0.2, 0) is 0 Å². The summed E-state index contributed by atoms with van der Waals surface area (Å²) < 4.78 is 0. The number of hydrogen-bond acceptors (Lipinski definition) is 3. The van der Waals surface area contributed by atoms with Gasteiger partial charge in [-0.15, -0.1) is 0 Å². The van der Waals surface area contributed by atoms with Crippen LogP contribution in [0.1, 0.15) is 13.3 Å². The van der Waals surface area contributed by atoms with Crippen LogP contribution in [0.25, 0.3) is 0 Å². The minimum atomic E-state index is -0.266. The van der Waals surface area contributed by atoms with Gasteiger partial charge in [0.15, 0.2) is 0 Å². The Kier molecular flexibility index (Phi) is 2.70. The van der Waals surface area contributed by atoms with Gasteiger partial charge in [0.25, 0.3) is 0 Å². The molecule has 4 nitrogen and oxygen atoms in total. The Balaban J connectivity index is 2.66. The van der Waals surface area contributed by atoms with Crippen molar-refractivity contribution in [1.29, 1.82) is 5.41 Å². The molecule has 0 saturated carbocycles. The van der Waals surface area contributed by atoms with Gasteiger partial charge in [-0.25, -0.2) is 0 Å². The lowest BCUT2D eigenvalue weighted by molar-refractivity contribution is 0.282. The van der Waals surface area contributed by atoms with Crippen LogP contribution < -0.4 is 0 Å². The lowest BCUT2D eigenvalue weighted by Crippen LogP contribution is -2.43. The second kappa shape index (κ2) is 3.58. The van der Waals surface area contributed by atoms with Crippen molar-refractivity contribution >= 4 is 5.84 Å². The molecule has 1 rings (SSSR count). The quantitative estimate of drug-likeness (QED) is 0.321. The molecule has 0 unspecified atom stereocenters. The van der Waals surface area contributed by atoms with Gasteiger partial charge in [0, 0.05) is 13.1 Å². The second-order valence-corrected chi connectivity index (χ2v) is 2.91. The predicted octanol–water partition coefficient (Wildman–Crippen LogP) is 0.494. The van der Waals surface area contributed by atoms with E-state index in [1.165, 1.54) is 6.92 Å². The van der Waals surface area contributed by atoms with E-state index in [0.717, 1.165) is 19.5 Å². The Morgan fingerprint density at radius 3 is 2.33 bits per heavy atom. The van der Waals surface area contributed by atoms with E-state index < -0.39 is 0 Å². The summed E-state index contributed by atoms with van der Waals surface area (Å²) in [7, 11) is 0. The fourth-order valence-electron chi connectivity index (χ4n) is 1.09. The van der Waals surface area contributed by atoms with Gasteiger partial charge in [-0.05, 0) is 13.3 Å². The molecule has 12 heavy (non-hydrogen) atoms. The Morgan fingerprint density at radius 2 is 2.08 bits per heavy atom. The average molecular weight is 170 g/mol. The van der Waals surface area contributed by atoms with E-state index in [1.54, 1.807) is 0 Å². The predicted molar refractivity (Wildman–Crippen MR) is 46.3 cm³/mol. The minimum Gasteiger partial charge on any atom is -0.512 e. The molecule has 1 heterocycles. The zero-order chi connectivity index (χ0) is 9.14. The molecule has 0 spiro atoms. The molecule has 0 aromatic carbocycles. The molecule has 0 atom stereocenters. The summed E-state index contributed by atoms with van der Waals surface area (Å²) in [6, 6.07) is 0. The Morgan fingerprint density at radius 1 is 1.50 bits per heavy atom. The maximum Gasteiger partial charge on any atom is 0.129 e. The molecule has 0 aromatic rings. The Hall–Kier alpha value is -1.03. The fourth-order valence-corrected chi connectivity index (χ4v) is 1.09. The van der Waals surface area contributed by atoms with E-state index in [1.807, 2.05) is 4.90 Å². The molecule has 0 aliphatic carbocycles. The number of nitrogens with one attached hydrogen (secondary N) is 1. The van der Waals surface area contributed by atoms with E-state index in [4.69, 9.17) is 15.6 Å². The topological polar surface area (TPSA) is 67.5 Å². The number of likely N-dealkylation sites (tertiary alicyclic amines) is 1. The fraction of sp³-hybridized carbons (Fsp3) is 0.625. The second-order valence-electron chi connectivity index (χ2n) is 2.91. The molecule has 3 N–H and O–H groups in total. The molecule has 0 bridgehead atoms. The van der Waals surface area contributed by atoms with E-state index >= 15 is 0 Å². The zero-order valence-corrected chi connectivity index (χ0v) is 7.17. The van der Waals surface area contributed by atoms with Crippen LogP contribution in [0.2, 0.25) is 0 Å². The lowest BCUT2D eigenvalue weighted by Gasteiger charge is -2.33. The van der Waals surface area contributed by atoms with Crippen molar-refractivity contribution in [3.05, 3.63) is 11.3 Å².